The lowest BCUT2D eigenvalue weighted by atomic mass is 10.2. The summed E-state index contributed by atoms with van der Waals surface area (Å²) in [6.45, 7) is 0. The van der Waals surface area contributed by atoms with Gasteiger partial charge in [0.15, 0.2) is 5.82 Å². The van der Waals surface area contributed by atoms with Crippen molar-refractivity contribution < 1.29 is 13.4 Å². The molecule has 24 heavy (non-hydrogen) atoms. The molecule has 0 saturated carbocycles. The summed E-state index contributed by atoms with van der Waals surface area (Å²) in [7, 11) is -1.43. The number of aromatic nitrogens is 3. The average molecular weight is 344 g/mol. The van der Waals surface area contributed by atoms with Crippen LogP contribution in [0.5, 0.6) is 0 Å². The van der Waals surface area contributed by atoms with Crippen LogP contribution in [0.1, 0.15) is 10.4 Å². The minimum absolute atomic E-state index is 0.0895. The summed E-state index contributed by atoms with van der Waals surface area (Å²) in [5.41, 5.74) is 0.562. The van der Waals surface area contributed by atoms with Gasteiger partial charge in [-0.15, -0.1) is 0 Å². The van der Waals surface area contributed by atoms with Crippen molar-refractivity contribution in [3.8, 4) is 5.82 Å². The van der Waals surface area contributed by atoms with E-state index in [2.05, 4.69) is 15.4 Å². The van der Waals surface area contributed by atoms with Crippen molar-refractivity contribution in [1.82, 2.24) is 14.8 Å². The van der Waals surface area contributed by atoms with Crippen LogP contribution in [0.3, 0.4) is 0 Å². The number of carbonyl (C=O) groups excluding carboxylic acids is 1. The average Bonchev–Trinajstić information content (AvgIpc) is 3.09. The first-order chi connectivity index (χ1) is 11.6. The lowest BCUT2D eigenvalue weighted by Crippen LogP contribution is -2.16. The highest BCUT2D eigenvalue weighted by atomic mass is 32.2. The molecule has 1 N–H and O–H groups in total. The molecule has 3 rings (SSSR count). The SMILES string of the molecule is C[S@](=O)c1ccc(NC(=O)c2cccnc2-n2cccn2)cc1F. The molecule has 3 aromatic rings. The molecule has 0 radical (unpaired) electrons. The number of carbonyl (C=O) groups is 1. The van der Waals surface area contributed by atoms with Crippen molar-refractivity contribution in [1.29, 1.82) is 0 Å². The Kier molecular flexibility index (Phi) is 4.48. The third-order valence-corrected chi connectivity index (χ3v) is 4.20. The van der Waals surface area contributed by atoms with E-state index in [0.29, 0.717) is 11.4 Å². The first-order valence-corrected chi connectivity index (χ1v) is 8.51. The third kappa shape index (κ3) is 3.23. The van der Waals surface area contributed by atoms with E-state index in [9.17, 15) is 13.4 Å². The molecule has 1 amide bonds. The smallest absolute Gasteiger partial charge is 0.259 e. The van der Waals surface area contributed by atoms with Crippen molar-refractivity contribution in [2.24, 2.45) is 0 Å². The van der Waals surface area contributed by atoms with Crippen LogP contribution in [0, 0.1) is 5.82 Å². The van der Waals surface area contributed by atoms with Crippen LogP contribution in [-0.4, -0.2) is 31.1 Å². The zero-order valence-corrected chi connectivity index (χ0v) is 13.5. The highest BCUT2D eigenvalue weighted by Gasteiger charge is 2.15. The number of amides is 1. The zero-order chi connectivity index (χ0) is 17.1. The van der Waals surface area contributed by atoms with E-state index in [-0.39, 0.29) is 10.6 Å². The van der Waals surface area contributed by atoms with Crippen LogP contribution in [0.25, 0.3) is 5.82 Å². The molecule has 6 nitrogen and oxygen atoms in total. The van der Waals surface area contributed by atoms with E-state index in [0.717, 1.165) is 6.07 Å². The van der Waals surface area contributed by atoms with E-state index in [4.69, 9.17) is 0 Å². The second-order valence-electron chi connectivity index (χ2n) is 4.88. The van der Waals surface area contributed by atoms with Gasteiger partial charge in [-0.25, -0.2) is 14.1 Å². The van der Waals surface area contributed by atoms with Crippen molar-refractivity contribution >= 4 is 22.4 Å². The van der Waals surface area contributed by atoms with Crippen LogP contribution in [-0.2, 0) is 10.8 Å². The summed E-state index contributed by atoms with van der Waals surface area (Å²) < 4.78 is 26.7. The predicted molar refractivity (Wildman–Crippen MR) is 88.0 cm³/mol. The lowest BCUT2D eigenvalue weighted by molar-refractivity contribution is 0.102. The van der Waals surface area contributed by atoms with Crippen molar-refractivity contribution in [3.63, 3.8) is 0 Å². The molecule has 0 aliphatic carbocycles. The molecule has 0 aliphatic heterocycles. The predicted octanol–water partition coefficient (Wildman–Crippen LogP) is 2.40. The molecule has 0 aliphatic rings. The maximum absolute atomic E-state index is 13.9. The monoisotopic (exact) mass is 344 g/mol. The largest absolute Gasteiger partial charge is 0.322 e. The van der Waals surface area contributed by atoms with Gasteiger partial charge in [0.05, 0.1) is 21.3 Å². The quantitative estimate of drug-likeness (QED) is 0.788. The molecule has 122 valence electrons. The third-order valence-electron chi connectivity index (χ3n) is 3.25. The first-order valence-electron chi connectivity index (χ1n) is 6.95. The fourth-order valence-corrected chi connectivity index (χ4v) is 2.75. The van der Waals surface area contributed by atoms with Crippen molar-refractivity contribution in [2.75, 3.05) is 11.6 Å². The van der Waals surface area contributed by atoms with Crippen LogP contribution in [0.2, 0.25) is 0 Å². The molecule has 0 unspecified atom stereocenters. The number of pyridine rings is 1. The summed E-state index contributed by atoms with van der Waals surface area (Å²) in [5, 5.41) is 6.67. The number of hydrogen-bond donors (Lipinski definition) is 1. The molecule has 1 atom stereocenters. The minimum Gasteiger partial charge on any atom is -0.322 e. The number of nitrogens with one attached hydrogen (secondary N) is 1. The second-order valence-corrected chi connectivity index (χ2v) is 6.23. The molecule has 8 heteroatoms. The first kappa shape index (κ1) is 16.0. The second kappa shape index (κ2) is 6.71. The molecule has 2 aromatic heterocycles. The van der Waals surface area contributed by atoms with Gasteiger partial charge in [-0.3, -0.25) is 9.00 Å². The van der Waals surface area contributed by atoms with Gasteiger partial charge in [-0.2, -0.15) is 5.10 Å². The Labute approximate surface area is 139 Å². The number of halogens is 1. The number of anilines is 1. The van der Waals surface area contributed by atoms with E-state index in [1.807, 2.05) is 0 Å². The fourth-order valence-electron chi connectivity index (χ4n) is 2.16. The zero-order valence-electron chi connectivity index (χ0n) is 12.6. The Hall–Kier alpha value is -2.87. The Morgan fingerprint density at radius 3 is 2.75 bits per heavy atom. The van der Waals surface area contributed by atoms with Gasteiger partial charge in [-0.05, 0) is 36.4 Å². The standard InChI is InChI=1S/C16H13FN4O2S/c1-24(23)14-6-5-11(10-13(14)17)20-16(22)12-4-2-7-18-15(12)21-9-3-8-19-21/h2-10H,1H3,(H,20,22)/t24-/m0/s1. The van der Waals surface area contributed by atoms with E-state index >= 15 is 0 Å². The highest BCUT2D eigenvalue weighted by molar-refractivity contribution is 7.84. The summed E-state index contributed by atoms with van der Waals surface area (Å²) in [6, 6.07) is 8.98. The summed E-state index contributed by atoms with van der Waals surface area (Å²) in [4.78, 5) is 16.7. The van der Waals surface area contributed by atoms with E-state index in [1.165, 1.54) is 23.1 Å². The normalized spacial score (nSPS) is 11.9. The lowest BCUT2D eigenvalue weighted by Gasteiger charge is -2.10. The van der Waals surface area contributed by atoms with Gasteiger partial charge < -0.3 is 5.32 Å². The molecule has 0 fully saturated rings. The van der Waals surface area contributed by atoms with Gasteiger partial charge in [0.2, 0.25) is 0 Å². The Morgan fingerprint density at radius 2 is 2.08 bits per heavy atom. The Balaban J connectivity index is 1.89. The van der Waals surface area contributed by atoms with Crippen LogP contribution < -0.4 is 5.32 Å². The molecule has 0 saturated heterocycles. The molecular weight excluding hydrogens is 331 g/mol. The Morgan fingerprint density at radius 1 is 1.25 bits per heavy atom. The maximum atomic E-state index is 13.9. The molecular formula is C16H13FN4O2S. The Bertz CT molecular complexity index is 912. The fraction of sp³-hybridized carbons (Fsp3) is 0.0625. The minimum atomic E-state index is -1.43. The van der Waals surface area contributed by atoms with Gasteiger partial charge >= 0.3 is 0 Å². The van der Waals surface area contributed by atoms with Gasteiger partial charge in [0.1, 0.15) is 5.82 Å². The molecule has 0 spiro atoms. The van der Waals surface area contributed by atoms with Gasteiger partial charge in [-0.1, -0.05) is 0 Å². The van der Waals surface area contributed by atoms with Crippen LogP contribution in [0.15, 0.2) is 59.9 Å². The van der Waals surface area contributed by atoms with Crippen molar-refractivity contribution in [2.45, 2.75) is 4.90 Å². The topological polar surface area (TPSA) is 76.9 Å². The van der Waals surface area contributed by atoms with Crippen LogP contribution >= 0.6 is 0 Å². The molecule has 1 aromatic carbocycles. The van der Waals surface area contributed by atoms with Gasteiger partial charge in [0, 0.05) is 30.5 Å². The van der Waals surface area contributed by atoms with Crippen molar-refractivity contribution in [3.05, 3.63) is 66.4 Å². The van der Waals surface area contributed by atoms with Crippen LogP contribution in [0.4, 0.5) is 10.1 Å². The van der Waals surface area contributed by atoms with Gasteiger partial charge in [0.25, 0.3) is 5.91 Å². The number of benzene rings is 1. The number of rotatable bonds is 4. The van der Waals surface area contributed by atoms with E-state index in [1.54, 1.807) is 36.8 Å². The number of hydrogen-bond acceptors (Lipinski definition) is 4. The molecule has 0 bridgehead atoms. The number of nitrogens with zero attached hydrogens (tertiary/aromatic N) is 3. The summed E-state index contributed by atoms with van der Waals surface area (Å²) in [6.07, 6.45) is 6.20. The summed E-state index contributed by atoms with van der Waals surface area (Å²) >= 11 is 0. The summed E-state index contributed by atoms with van der Waals surface area (Å²) in [5.74, 6) is -0.711. The maximum Gasteiger partial charge on any atom is 0.259 e. The highest BCUT2D eigenvalue weighted by Crippen LogP contribution is 2.19. The molecule has 2 heterocycles. The van der Waals surface area contributed by atoms with E-state index < -0.39 is 22.5 Å².